The summed E-state index contributed by atoms with van der Waals surface area (Å²) >= 11 is 0. The summed E-state index contributed by atoms with van der Waals surface area (Å²) in [5, 5.41) is 8.61. The van der Waals surface area contributed by atoms with E-state index in [1.165, 1.54) is 6.08 Å². The molecule has 0 aliphatic heterocycles. The SMILES string of the molecule is C=CCNS(=O)(=O)CC(C)CO. The summed E-state index contributed by atoms with van der Waals surface area (Å²) in [6.07, 6.45) is 1.47. The van der Waals surface area contributed by atoms with Gasteiger partial charge < -0.3 is 5.11 Å². The van der Waals surface area contributed by atoms with Crippen molar-refractivity contribution >= 4 is 10.0 Å². The van der Waals surface area contributed by atoms with Gasteiger partial charge >= 0.3 is 0 Å². The molecule has 0 rings (SSSR count). The Morgan fingerprint density at radius 3 is 2.67 bits per heavy atom. The van der Waals surface area contributed by atoms with Crippen LogP contribution in [0.15, 0.2) is 12.7 Å². The van der Waals surface area contributed by atoms with Gasteiger partial charge in [0.05, 0.1) is 5.75 Å². The van der Waals surface area contributed by atoms with Gasteiger partial charge in [0.25, 0.3) is 0 Å². The molecule has 0 saturated heterocycles. The fourth-order valence-corrected chi connectivity index (χ4v) is 2.02. The Hall–Kier alpha value is -0.390. The monoisotopic (exact) mass is 193 g/mol. The van der Waals surface area contributed by atoms with Crippen molar-refractivity contribution in [2.75, 3.05) is 18.9 Å². The lowest BCUT2D eigenvalue weighted by atomic mass is 10.2. The highest BCUT2D eigenvalue weighted by molar-refractivity contribution is 7.89. The van der Waals surface area contributed by atoms with Crippen molar-refractivity contribution < 1.29 is 13.5 Å². The zero-order valence-corrected chi connectivity index (χ0v) is 7.97. The molecule has 0 heterocycles. The maximum Gasteiger partial charge on any atom is 0.212 e. The Balaban J connectivity index is 3.95. The van der Waals surface area contributed by atoms with E-state index in [0.717, 1.165) is 0 Å². The molecule has 1 atom stereocenters. The number of aliphatic hydroxyl groups is 1. The molecule has 0 aliphatic carbocycles. The Morgan fingerprint density at radius 2 is 2.25 bits per heavy atom. The molecule has 4 nitrogen and oxygen atoms in total. The number of nitrogens with one attached hydrogen (secondary N) is 1. The van der Waals surface area contributed by atoms with E-state index in [0.29, 0.717) is 0 Å². The van der Waals surface area contributed by atoms with E-state index in [2.05, 4.69) is 11.3 Å². The van der Waals surface area contributed by atoms with Crippen LogP contribution in [0.3, 0.4) is 0 Å². The van der Waals surface area contributed by atoms with Crippen molar-refractivity contribution in [3.63, 3.8) is 0 Å². The predicted molar refractivity (Wildman–Crippen MR) is 48.2 cm³/mol. The number of aliphatic hydroxyl groups excluding tert-OH is 1. The molecule has 1 unspecified atom stereocenters. The van der Waals surface area contributed by atoms with Crippen LogP contribution in [-0.2, 0) is 10.0 Å². The standard InChI is InChI=1S/C7H15NO3S/c1-3-4-8-12(10,11)6-7(2)5-9/h3,7-9H,1,4-6H2,2H3. The average Bonchev–Trinajstić information content (AvgIpc) is 2.00. The van der Waals surface area contributed by atoms with Crippen LogP contribution in [-0.4, -0.2) is 32.4 Å². The van der Waals surface area contributed by atoms with Crippen LogP contribution in [0.4, 0.5) is 0 Å². The summed E-state index contributed by atoms with van der Waals surface area (Å²) in [6, 6.07) is 0. The summed E-state index contributed by atoms with van der Waals surface area (Å²) in [5.41, 5.74) is 0. The van der Waals surface area contributed by atoms with E-state index in [1.807, 2.05) is 0 Å². The van der Waals surface area contributed by atoms with Crippen LogP contribution in [0.25, 0.3) is 0 Å². The normalized spacial score (nSPS) is 14.2. The highest BCUT2D eigenvalue weighted by Gasteiger charge is 2.13. The van der Waals surface area contributed by atoms with Gasteiger partial charge in [-0.3, -0.25) is 0 Å². The summed E-state index contributed by atoms with van der Waals surface area (Å²) in [5.74, 6) is -0.274. The lowest BCUT2D eigenvalue weighted by molar-refractivity contribution is 0.249. The molecule has 0 aromatic carbocycles. The highest BCUT2D eigenvalue weighted by Crippen LogP contribution is 1.97. The van der Waals surface area contributed by atoms with Crippen LogP contribution >= 0.6 is 0 Å². The molecule has 2 N–H and O–H groups in total. The molecular formula is C7H15NO3S. The van der Waals surface area contributed by atoms with Crippen molar-refractivity contribution in [2.45, 2.75) is 6.92 Å². The fourth-order valence-electron chi connectivity index (χ4n) is 0.672. The van der Waals surface area contributed by atoms with Gasteiger partial charge in [0.1, 0.15) is 0 Å². The Kier molecular flexibility index (Phi) is 5.12. The molecule has 0 aromatic heterocycles. The lowest BCUT2D eigenvalue weighted by Crippen LogP contribution is -2.30. The van der Waals surface area contributed by atoms with Crippen LogP contribution < -0.4 is 4.72 Å². The zero-order valence-electron chi connectivity index (χ0n) is 7.16. The van der Waals surface area contributed by atoms with Gasteiger partial charge in [-0.05, 0) is 5.92 Å². The van der Waals surface area contributed by atoms with E-state index < -0.39 is 10.0 Å². The van der Waals surface area contributed by atoms with Gasteiger partial charge in [0.2, 0.25) is 10.0 Å². The van der Waals surface area contributed by atoms with Gasteiger partial charge in [-0.15, -0.1) is 6.58 Å². The van der Waals surface area contributed by atoms with Crippen LogP contribution in [0.2, 0.25) is 0 Å². The summed E-state index contributed by atoms with van der Waals surface area (Å²) < 4.78 is 24.5. The second-order valence-corrected chi connectivity index (χ2v) is 4.56. The third-order valence-corrected chi connectivity index (χ3v) is 2.88. The summed E-state index contributed by atoms with van der Waals surface area (Å²) in [4.78, 5) is 0. The largest absolute Gasteiger partial charge is 0.396 e. The van der Waals surface area contributed by atoms with Crippen LogP contribution in [0.1, 0.15) is 6.92 Å². The first-order valence-corrected chi connectivity index (χ1v) is 5.36. The minimum absolute atomic E-state index is 0.0443. The maximum atomic E-state index is 11.1. The van der Waals surface area contributed by atoms with Crippen molar-refractivity contribution in [1.82, 2.24) is 4.72 Å². The first-order chi connectivity index (χ1) is 5.52. The Morgan fingerprint density at radius 1 is 1.67 bits per heavy atom. The summed E-state index contributed by atoms with van der Waals surface area (Å²) in [6.45, 7) is 5.18. The van der Waals surface area contributed by atoms with Gasteiger partial charge in [-0.25, -0.2) is 13.1 Å². The molecule has 0 spiro atoms. The number of sulfonamides is 1. The molecule has 0 aliphatic rings. The van der Waals surface area contributed by atoms with Crippen LogP contribution in [0.5, 0.6) is 0 Å². The van der Waals surface area contributed by atoms with E-state index in [1.54, 1.807) is 6.92 Å². The van der Waals surface area contributed by atoms with Crippen LogP contribution in [0, 0.1) is 5.92 Å². The predicted octanol–water partition coefficient (Wildman–Crippen LogP) is -0.280. The van der Waals surface area contributed by atoms with Gasteiger partial charge in [0.15, 0.2) is 0 Å². The minimum Gasteiger partial charge on any atom is -0.396 e. The molecule has 12 heavy (non-hydrogen) atoms. The number of rotatable bonds is 6. The maximum absolute atomic E-state index is 11.1. The molecule has 72 valence electrons. The Labute approximate surface area is 73.3 Å². The third-order valence-electron chi connectivity index (χ3n) is 1.26. The molecule has 0 radical (unpaired) electrons. The van der Waals surface area contributed by atoms with Crippen molar-refractivity contribution in [2.24, 2.45) is 5.92 Å². The molecule has 0 bridgehead atoms. The van der Waals surface area contributed by atoms with E-state index in [4.69, 9.17) is 5.11 Å². The second kappa shape index (κ2) is 5.29. The Bertz CT molecular complexity index is 223. The molecule has 0 saturated carbocycles. The fraction of sp³-hybridized carbons (Fsp3) is 0.714. The van der Waals surface area contributed by atoms with Crippen molar-refractivity contribution in [1.29, 1.82) is 0 Å². The van der Waals surface area contributed by atoms with Crippen molar-refractivity contribution in [3.05, 3.63) is 12.7 Å². The van der Waals surface area contributed by atoms with Gasteiger partial charge in [-0.1, -0.05) is 13.0 Å². The average molecular weight is 193 g/mol. The molecule has 0 aromatic rings. The van der Waals surface area contributed by atoms with Gasteiger partial charge in [-0.2, -0.15) is 0 Å². The molecule has 0 amide bonds. The van der Waals surface area contributed by atoms with E-state index in [9.17, 15) is 8.42 Å². The number of hydrogen-bond donors (Lipinski definition) is 2. The lowest BCUT2D eigenvalue weighted by Gasteiger charge is -2.08. The summed E-state index contributed by atoms with van der Waals surface area (Å²) in [7, 11) is -3.24. The quantitative estimate of drug-likeness (QED) is 0.570. The first kappa shape index (κ1) is 11.6. The first-order valence-electron chi connectivity index (χ1n) is 3.71. The third kappa shape index (κ3) is 5.29. The van der Waals surface area contributed by atoms with Gasteiger partial charge in [0, 0.05) is 13.2 Å². The molecular weight excluding hydrogens is 178 g/mol. The molecule has 0 fully saturated rings. The number of hydrogen-bond acceptors (Lipinski definition) is 3. The molecule has 5 heteroatoms. The van der Waals surface area contributed by atoms with E-state index >= 15 is 0 Å². The smallest absolute Gasteiger partial charge is 0.212 e. The minimum atomic E-state index is -3.24. The second-order valence-electron chi connectivity index (χ2n) is 2.71. The zero-order chi connectivity index (χ0) is 9.61. The van der Waals surface area contributed by atoms with E-state index in [-0.39, 0.29) is 24.8 Å². The topological polar surface area (TPSA) is 66.4 Å². The highest BCUT2D eigenvalue weighted by atomic mass is 32.2. The van der Waals surface area contributed by atoms with Crippen molar-refractivity contribution in [3.8, 4) is 0 Å².